The summed E-state index contributed by atoms with van der Waals surface area (Å²) in [7, 11) is 0. The average molecular weight is 193 g/mol. The maximum absolute atomic E-state index is 11.5. The van der Waals surface area contributed by atoms with Crippen molar-refractivity contribution in [2.24, 2.45) is 0 Å². The molecule has 0 radical (unpaired) electrons. The Labute approximate surface area is 75.8 Å². The van der Waals surface area contributed by atoms with Crippen molar-refractivity contribution in [3.63, 3.8) is 0 Å². The van der Waals surface area contributed by atoms with E-state index in [2.05, 4.69) is 10.1 Å². The van der Waals surface area contributed by atoms with Crippen molar-refractivity contribution in [2.75, 3.05) is 19.8 Å². The largest absolute Gasteiger partial charge is 0.374 e. The number of carbonyl (C=O) groups excluding carboxylic acids is 1. The van der Waals surface area contributed by atoms with Gasteiger partial charge in [0.25, 0.3) is 6.43 Å². The van der Waals surface area contributed by atoms with Gasteiger partial charge in [-0.05, 0) is 13.0 Å². The van der Waals surface area contributed by atoms with Crippen LogP contribution in [-0.4, -0.2) is 32.1 Å². The van der Waals surface area contributed by atoms with Crippen LogP contribution in [0.2, 0.25) is 0 Å². The molecule has 13 heavy (non-hydrogen) atoms. The molecule has 0 spiro atoms. The van der Waals surface area contributed by atoms with Crippen LogP contribution in [0.15, 0.2) is 12.2 Å². The zero-order valence-corrected chi connectivity index (χ0v) is 7.43. The Kier molecular flexibility index (Phi) is 7.10. The molecule has 0 unspecified atom stereocenters. The number of halogens is 2. The number of hydrogen-bond acceptors (Lipinski definition) is 2. The van der Waals surface area contributed by atoms with E-state index in [1.165, 1.54) is 6.08 Å². The molecule has 0 bridgehead atoms. The van der Waals surface area contributed by atoms with Gasteiger partial charge in [-0.15, -0.1) is 0 Å². The number of nitrogens with one attached hydrogen (secondary N) is 1. The summed E-state index contributed by atoms with van der Waals surface area (Å²) in [4.78, 5) is 10.7. The molecule has 1 amide bonds. The van der Waals surface area contributed by atoms with E-state index in [1.807, 2.05) is 0 Å². The fraction of sp³-hybridized carbons (Fsp3) is 0.625. The highest BCUT2D eigenvalue weighted by atomic mass is 19.3. The van der Waals surface area contributed by atoms with Gasteiger partial charge in [0.2, 0.25) is 5.91 Å². The Bertz CT molecular complexity index is 172. The molecule has 0 aliphatic heterocycles. The Morgan fingerprint density at radius 3 is 2.85 bits per heavy atom. The molecule has 0 atom stereocenters. The van der Waals surface area contributed by atoms with Crippen molar-refractivity contribution in [3.05, 3.63) is 12.2 Å². The minimum Gasteiger partial charge on any atom is -0.374 e. The van der Waals surface area contributed by atoms with Crippen molar-refractivity contribution >= 4 is 5.91 Å². The molecule has 0 aromatic heterocycles. The normalized spacial score (nSPS) is 11.1. The van der Waals surface area contributed by atoms with E-state index in [9.17, 15) is 13.6 Å². The number of allylic oxidation sites excluding steroid dienone is 1. The molecule has 0 saturated heterocycles. The number of amides is 1. The molecule has 3 nitrogen and oxygen atoms in total. The Balaban J connectivity index is 3.21. The fourth-order valence-electron chi connectivity index (χ4n) is 0.629. The number of rotatable bonds is 6. The first-order valence-electron chi connectivity index (χ1n) is 3.93. The van der Waals surface area contributed by atoms with E-state index < -0.39 is 13.0 Å². The summed E-state index contributed by atoms with van der Waals surface area (Å²) in [6, 6.07) is 0. The highest BCUT2D eigenvalue weighted by Crippen LogP contribution is 1.91. The van der Waals surface area contributed by atoms with E-state index in [1.54, 1.807) is 13.0 Å². The van der Waals surface area contributed by atoms with Crippen LogP contribution in [0.5, 0.6) is 0 Å². The minimum absolute atomic E-state index is 0.105. The smallest absolute Gasteiger partial charge is 0.261 e. The lowest BCUT2D eigenvalue weighted by atomic mass is 10.5. The van der Waals surface area contributed by atoms with Gasteiger partial charge in [0, 0.05) is 6.54 Å². The van der Waals surface area contributed by atoms with Gasteiger partial charge in [-0.1, -0.05) is 6.08 Å². The first kappa shape index (κ1) is 12.0. The zero-order valence-electron chi connectivity index (χ0n) is 7.43. The van der Waals surface area contributed by atoms with E-state index in [0.717, 1.165) is 0 Å². The number of carbonyl (C=O) groups is 1. The molecule has 5 heteroatoms. The second kappa shape index (κ2) is 7.67. The topological polar surface area (TPSA) is 38.3 Å². The van der Waals surface area contributed by atoms with Crippen molar-refractivity contribution in [1.29, 1.82) is 0 Å². The van der Waals surface area contributed by atoms with Crippen LogP contribution in [0.4, 0.5) is 8.78 Å². The summed E-state index contributed by atoms with van der Waals surface area (Å²) in [6.07, 6.45) is 0.494. The Morgan fingerprint density at radius 1 is 1.62 bits per heavy atom. The van der Waals surface area contributed by atoms with E-state index in [4.69, 9.17) is 0 Å². The minimum atomic E-state index is -2.45. The molecule has 0 fully saturated rings. The summed E-state index contributed by atoms with van der Waals surface area (Å²) >= 11 is 0. The number of alkyl halides is 2. The van der Waals surface area contributed by atoms with Crippen molar-refractivity contribution in [3.8, 4) is 0 Å². The highest BCUT2D eigenvalue weighted by Gasteiger charge is 2.01. The second-order valence-corrected chi connectivity index (χ2v) is 2.26. The van der Waals surface area contributed by atoms with Crippen molar-refractivity contribution in [1.82, 2.24) is 5.32 Å². The lowest BCUT2D eigenvalue weighted by Crippen LogP contribution is -2.26. The number of hydrogen-bond donors (Lipinski definition) is 1. The molecule has 0 aromatic rings. The predicted octanol–water partition coefficient (Wildman–Crippen LogP) is 0.960. The molecular formula is C8H13F2NO2. The van der Waals surface area contributed by atoms with E-state index in [0.29, 0.717) is 0 Å². The van der Waals surface area contributed by atoms with Gasteiger partial charge in [0.15, 0.2) is 0 Å². The Hall–Kier alpha value is -0.970. The van der Waals surface area contributed by atoms with Crippen LogP contribution in [0, 0.1) is 0 Å². The third kappa shape index (κ3) is 8.94. The first-order chi connectivity index (χ1) is 6.16. The molecule has 76 valence electrons. The lowest BCUT2D eigenvalue weighted by molar-refractivity contribution is -0.116. The van der Waals surface area contributed by atoms with Crippen LogP contribution in [-0.2, 0) is 9.53 Å². The van der Waals surface area contributed by atoms with E-state index in [-0.39, 0.29) is 19.1 Å². The van der Waals surface area contributed by atoms with Crippen molar-refractivity contribution < 1.29 is 18.3 Å². The van der Waals surface area contributed by atoms with Gasteiger partial charge in [-0.3, -0.25) is 4.79 Å². The standard InChI is InChI=1S/C8H13F2NO2/c1-2-3-8(12)11-4-5-13-6-7(9)10/h2-3,7H,4-6H2,1H3,(H,11,12)/b3-2+. The highest BCUT2D eigenvalue weighted by molar-refractivity contribution is 5.87. The maximum atomic E-state index is 11.5. The second-order valence-electron chi connectivity index (χ2n) is 2.26. The monoisotopic (exact) mass is 193 g/mol. The van der Waals surface area contributed by atoms with Crippen LogP contribution in [0.1, 0.15) is 6.92 Å². The van der Waals surface area contributed by atoms with Gasteiger partial charge in [-0.2, -0.15) is 0 Å². The van der Waals surface area contributed by atoms with Crippen LogP contribution >= 0.6 is 0 Å². The van der Waals surface area contributed by atoms with Gasteiger partial charge < -0.3 is 10.1 Å². The molecule has 0 rings (SSSR count). The predicted molar refractivity (Wildman–Crippen MR) is 44.6 cm³/mol. The molecular weight excluding hydrogens is 180 g/mol. The van der Waals surface area contributed by atoms with Crippen molar-refractivity contribution in [2.45, 2.75) is 13.3 Å². The third-order valence-electron chi connectivity index (χ3n) is 1.11. The molecule has 0 aliphatic rings. The van der Waals surface area contributed by atoms with Gasteiger partial charge in [0.05, 0.1) is 6.61 Å². The quantitative estimate of drug-likeness (QED) is 0.504. The van der Waals surface area contributed by atoms with Gasteiger partial charge in [0.1, 0.15) is 6.61 Å². The average Bonchev–Trinajstić information content (AvgIpc) is 2.03. The summed E-state index contributed by atoms with van der Waals surface area (Å²) in [6.45, 7) is 1.48. The maximum Gasteiger partial charge on any atom is 0.261 e. The Morgan fingerprint density at radius 2 is 2.31 bits per heavy atom. The molecule has 0 saturated carbocycles. The summed E-state index contributed by atoms with van der Waals surface area (Å²) in [5.41, 5.74) is 0. The molecule has 1 N–H and O–H groups in total. The fourth-order valence-corrected chi connectivity index (χ4v) is 0.629. The van der Waals surface area contributed by atoms with E-state index >= 15 is 0 Å². The lowest BCUT2D eigenvalue weighted by Gasteiger charge is -2.03. The summed E-state index contributed by atoms with van der Waals surface area (Å²) in [5, 5.41) is 2.46. The summed E-state index contributed by atoms with van der Waals surface area (Å²) < 4.78 is 27.6. The third-order valence-corrected chi connectivity index (χ3v) is 1.11. The SMILES string of the molecule is C/C=C/C(=O)NCCOCC(F)F. The molecule has 0 aliphatic carbocycles. The molecule has 0 aromatic carbocycles. The number of ether oxygens (including phenoxy) is 1. The van der Waals surface area contributed by atoms with Crippen LogP contribution in [0.3, 0.4) is 0 Å². The van der Waals surface area contributed by atoms with Crippen LogP contribution < -0.4 is 5.32 Å². The summed E-state index contributed by atoms with van der Waals surface area (Å²) in [5.74, 6) is -0.247. The zero-order chi connectivity index (χ0) is 10.1. The molecule has 0 heterocycles. The van der Waals surface area contributed by atoms with Crippen LogP contribution in [0.25, 0.3) is 0 Å². The van der Waals surface area contributed by atoms with Gasteiger partial charge in [-0.25, -0.2) is 8.78 Å². The van der Waals surface area contributed by atoms with Gasteiger partial charge >= 0.3 is 0 Å². The first-order valence-corrected chi connectivity index (χ1v) is 3.93.